The van der Waals surface area contributed by atoms with Crippen molar-refractivity contribution in [3.8, 4) is 11.5 Å². The molecule has 1 amide bonds. The standard InChI is InChI=1S/C24H27NO7/c1-22(7-6-17(28)25-18-14(26)4-3-13(19(18)29)21(30)31)16(27)5-8-24-10-12-9-15(20(22)24)32-23(12,2)11-24/h3-5,8,12,15,20,26,29H,6-7,9-11H2,1-2H3,(H,25,28)(H,30,31)/t12?,15-,20?,22+,23-,24-/m1/s1. The summed E-state index contributed by atoms with van der Waals surface area (Å²) in [4.78, 5) is 37.0. The van der Waals surface area contributed by atoms with E-state index in [9.17, 15) is 24.6 Å². The number of benzene rings is 1. The first-order valence-electron chi connectivity index (χ1n) is 11.0. The lowest BCUT2D eigenvalue weighted by Gasteiger charge is -2.55. The Balaban J connectivity index is 1.36. The third kappa shape index (κ3) is 2.75. The van der Waals surface area contributed by atoms with Gasteiger partial charge in [-0.15, -0.1) is 0 Å². The SMILES string of the molecule is C[C@@]12C[C@]34C=CC(=O)[C@](C)(CCC(=O)Nc5c(O)ccc(C(=O)O)c5O)C3[C@@H](CC1C4)O2. The number of anilines is 1. The summed E-state index contributed by atoms with van der Waals surface area (Å²) in [5.41, 5.74) is -1.75. The molecule has 0 radical (unpaired) electrons. The van der Waals surface area contributed by atoms with E-state index in [0.29, 0.717) is 5.92 Å². The Morgan fingerprint density at radius 3 is 2.69 bits per heavy atom. The van der Waals surface area contributed by atoms with Gasteiger partial charge in [0.2, 0.25) is 5.91 Å². The molecule has 2 saturated carbocycles. The van der Waals surface area contributed by atoms with Crippen LogP contribution in [0.15, 0.2) is 24.3 Å². The molecule has 3 aliphatic carbocycles. The molecule has 2 unspecified atom stereocenters. The van der Waals surface area contributed by atoms with Gasteiger partial charge in [0.1, 0.15) is 17.0 Å². The van der Waals surface area contributed by atoms with Gasteiger partial charge in [0, 0.05) is 17.8 Å². The average molecular weight is 441 g/mol. The van der Waals surface area contributed by atoms with Crippen LogP contribution in [0.1, 0.15) is 56.3 Å². The van der Waals surface area contributed by atoms with E-state index in [-0.39, 0.29) is 47.4 Å². The molecule has 0 aromatic heterocycles. The van der Waals surface area contributed by atoms with Gasteiger partial charge >= 0.3 is 5.97 Å². The zero-order valence-electron chi connectivity index (χ0n) is 18.1. The van der Waals surface area contributed by atoms with E-state index in [2.05, 4.69) is 18.3 Å². The lowest BCUT2D eigenvalue weighted by Crippen LogP contribution is -2.56. The average Bonchev–Trinajstić information content (AvgIpc) is 3.08. The molecule has 170 valence electrons. The van der Waals surface area contributed by atoms with E-state index in [0.717, 1.165) is 31.4 Å². The second-order valence-corrected chi connectivity index (χ2v) is 10.3. The molecule has 5 aliphatic rings. The third-order valence-electron chi connectivity index (χ3n) is 8.44. The second-order valence-electron chi connectivity index (χ2n) is 10.3. The number of aromatic carboxylic acids is 1. The Morgan fingerprint density at radius 1 is 1.25 bits per heavy atom. The maximum atomic E-state index is 13.1. The molecule has 1 aromatic rings. The summed E-state index contributed by atoms with van der Waals surface area (Å²) in [5, 5.41) is 31.7. The number of phenolic OH excluding ortho intramolecular Hbond substituents is 1. The van der Waals surface area contributed by atoms with Gasteiger partial charge in [0.15, 0.2) is 11.5 Å². The Kier molecular flexibility index (Phi) is 4.31. The van der Waals surface area contributed by atoms with Gasteiger partial charge < -0.3 is 25.4 Å². The first kappa shape index (κ1) is 21.0. The van der Waals surface area contributed by atoms with E-state index in [1.807, 2.05) is 6.92 Å². The Labute approximate surface area is 185 Å². The van der Waals surface area contributed by atoms with Crippen LogP contribution in [0.5, 0.6) is 11.5 Å². The zero-order valence-corrected chi connectivity index (χ0v) is 18.1. The summed E-state index contributed by atoms with van der Waals surface area (Å²) in [6, 6.07) is 2.16. The first-order chi connectivity index (χ1) is 15.0. The maximum Gasteiger partial charge on any atom is 0.339 e. The van der Waals surface area contributed by atoms with Crippen molar-refractivity contribution in [3.63, 3.8) is 0 Å². The number of rotatable bonds is 5. The smallest absolute Gasteiger partial charge is 0.339 e. The Hall–Kier alpha value is -2.87. The summed E-state index contributed by atoms with van der Waals surface area (Å²) in [5.74, 6) is -2.55. The summed E-state index contributed by atoms with van der Waals surface area (Å²) in [6.45, 7) is 4.08. The Bertz CT molecular complexity index is 1080. The number of aromatic hydroxyl groups is 2. The normalized spacial score (nSPS) is 38.7. The fourth-order valence-corrected chi connectivity index (χ4v) is 7.09. The van der Waals surface area contributed by atoms with Crippen LogP contribution in [0.25, 0.3) is 0 Å². The number of hydrogen-bond donors (Lipinski definition) is 4. The number of hydrogen-bond acceptors (Lipinski definition) is 6. The van der Waals surface area contributed by atoms with Gasteiger partial charge in [-0.1, -0.05) is 13.0 Å². The largest absolute Gasteiger partial charge is 0.506 e. The predicted octanol–water partition coefficient (Wildman–Crippen LogP) is 3.23. The molecule has 8 nitrogen and oxygen atoms in total. The van der Waals surface area contributed by atoms with Crippen LogP contribution < -0.4 is 5.32 Å². The van der Waals surface area contributed by atoms with Crippen molar-refractivity contribution >= 4 is 23.3 Å². The van der Waals surface area contributed by atoms with Gasteiger partial charge in [-0.3, -0.25) is 9.59 Å². The van der Waals surface area contributed by atoms with E-state index in [4.69, 9.17) is 9.84 Å². The monoisotopic (exact) mass is 441 g/mol. The number of allylic oxidation sites excluding steroid dienone is 2. The molecule has 4 bridgehead atoms. The highest BCUT2D eigenvalue weighted by atomic mass is 16.5. The molecular weight excluding hydrogens is 414 g/mol. The highest BCUT2D eigenvalue weighted by Gasteiger charge is 2.71. The van der Waals surface area contributed by atoms with Gasteiger partial charge in [-0.25, -0.2) is 4.79 Å². The lowest BCUT2D eigenvalue weighted by molar-refractivity contribution is -0.169. The van der Waals surface area contributed by atoms with E-state index in [1.165, 1.54) is 0 Å². The van der Waals surface area contributed by atoms with Crippen LogP contribution in [0.4, 0.5) is 5.69 Å². The number of ketones is 1. The zero-order chi connectivity index (χ0) is 23.1. The fraction of sp³-hybridized carbons (Fsp3) is 0.542. The molecule has 1 aromatic carbocycles. The fourth-order valence-electron chi connectivity index (χ4n) is 7.09. The predicted molar refractivity (Wildman–Crippen MR) is 113 cm³/mol. The topological polar surface area (TPSA) is 133 Å². The summed E-state index contributed by atoms with van der Waals surface area (Å²) >= 11 is 0. The number of carboxylic acid groups (broad SMARTS) is 1. The molecule has 2 saturated heterocycles. The molecule has 1 spiro atoms. The quantitative estimate of drug-likeness (QED) is 0.516. The van der Waals surface area contributed by atoms with Gasteiger partial charge in [-0.05, 0) is 62.1 Å². The van der Waals surface area contributed by atoms with Crippen LogP contribution in [-0.4, -0.2) is 44.7 Å². The van der Waals surface area contributed by atoms with Crippen LogP contribution in [-0.2, 0) is 14.3 Å². The number of ether oxygens (including phenoxy) is 1. The van der Waals surface area contributed by atoms with Crippen molar-refractivity contribution in [2.45, 2.75) is 57.7 Å². The summed E-state index contributed by atoms with van der Waals surface area (Å²) < 4.78 is 6.41. The number of carbonyl (C=O) groups excluding carboxylic acids is 2. The van der Waals surface area contributed by atoms with E-state index in [1.54, 1.807) is 6.08 Å². The lowest BCUT2D eigenvalue weighted by atomic mass is 9.51. The number of carbonyl (C=O) groups is 3. The van der Waals surface area contributed by atoms with Gasteiger partial charge in [0.25, 0.3) is 0 Å². The number of amides is 1. The third-order valence-corrected chi connectivity index (χ3v) is 8.44. The van der Waals surface area contributed by atoms with Crippen LogP contribution in [0.3, 0.4) is 0 Å². The summed E-state index contributed by atoms with van der Waals surface area (Å²) in [6.07, 6.45) is 6.86. The molecule has 32 heavy (non-hydrogen) atoms. The van der Waals surface area contributed by atoms with Crippen molar-refractivity contribution in [1.82, 2.24) is 0 Å². The van der Waals surface area contributed by atoms with Crippen molar-refractivity contribution in [2.75, 3.05) is 5.32 Å². The van der Waals surface area contributed by atoms with E-state index >= 15 is 0 Å². The molecule has 4 N–H and O–H groups in total. The minimum atomic E-state index is -1.38. The summed E-state index contributed by atoms with van der Waals surface area (Å²) in [7, 11) is 0. The number of phenols is 2. The minimum Gasteiger partial charge on any atom is -0.506 e. The van der Waals surface area contributed by atoms with E-state index < -0.39 is 34.4 Å². The first-order valence-corrected chi connectivity index (χ1v) is 11.0. The number of carboxylic acids is 1. The Morgan fingerprint density at radius 2 is 2.00 bits per heavy atom. The van der Waals surface area contributed by atoms with Gasteiger partial charge in [0.05, 0.1) is 11.7 Å². The highest BCUT2D eigenvalue weighted by Crippen LogP contribution is 2.71. The maximum absolute atomic E-state index is 13.1. The van der Waals surface area contributed by atoms with Crippen LogP contribution in [0, 0.1) is 22.7 Å². The molecular formula is C24H27NO7. The second kappa shape index (κ2) is 6.57. The molecule has 2 heterocycles. The van der Waals surface area contributed by atoms with Crippen molar-refractivity contribution in [3.05, 3.63) is 29.8 Å². The van der Waals surface area contributed by atoms with Crippen LogP contribution in [0.2, 0.25) is 0 Å². The number of nitrogens with one attached hydrogen (secondary N) is 1. The van der Waals surface area contributed by atoms with Crippen LogP contribution >= 0.6 is 0 Å². The highest BCUT2D eigenvalue weighted by molar-refractivity contribution is 6.00. The minimum absolute atomic E-state index is 0.00395. The van der Waals surface area contributed by atoms with Crippen molar-refractivity contribution < 1.29 is 34.4 Å². The van der Waals surface area contributed by atoms with Crippen molar-refractivity contribution in [2.24, 2.45) is 22.7 Å². The molecule has 6 rings (SSSR count). The molecule has 2 aliphatic heterocycles. The van der Waals surface area contributed by atoms with Gasteiger partial charge in [-0.2, -0.15) is 0 Å². The van der Waals surface area contributed by atoms with Crippen molar-refractivity contribution in [1.29, 1.82) is 0 Å². The molecule has 6 atom stereocenters. The molecule has 4 fully saturated rings. The molecule has 8 heteroatoms.